The van der Waals surface area contributed by atoms with Gasteiger partial charge in [-0.05, 0) is 54.8 Å². The molecular formula is C26H27N5O3. The number of anilines is 1. The summed E-state index contributed by atoms with van der Waals surface area (Å²) in [5, 5.41) is 8.29. The van der Waals surface area contributed by atoms with Crippen molar-refractivity contribution in [3.63, 3.8) is 0 Å². The largest absolute Gasteiger partial charge is 0.497 e. The van der Waals surface area contributed by atoms with Gasteiger partial charge in [-0.25, -0.2) is 9.97 Å². The molecule has 2 aliphatic heterocycles. The molecule has 0 amide bonds. The molecule has 0 spiro atoms. The molecule has 1 unspecified atom stereocenters. The van der Waals surface area contributed by atoms with Crippen molar-refractivity contribution in [2.75, 3.05) is 44.9 Å². The Balaban J connectivity index is 1.44. The minimum Gasteiger partial charge on any atom is -0.497 e. The zero-order valence-electron chi connectivity index (χ0n) is 19.4. The molecule has 6 rings (SSSR count). The number of hydrogen-bond acceptors (Lipinski definition) is 7. The van der Waals surface area contributed by atoms with Crippen molar-refractivity contribution >= 4 is 16.7 Å². The molecule has 0 aliphatic carbocycles. The van der Waals surface area contributed by atoms with Gasteiger partial charge in [-0.1, -0.05) is 6.07 Å². The maximum atomic E-state index is 6.10. The molecular weight excluding hydrogens is 430 g/mol. The number of ether oxygens (including phenoxy) is 3. The number of methoxy groups -OCH3 is 1. The summed E-state index contributed by atoms with van der Waals surface area (Å²) in [4.78, 5) is 12.5. The molecule has 8 nitrogen and oxygen atoms in total. The van der Waals surface area contributed by atoms with Crippen LogP contribution in [0.15, 0.2) is 42.6 Å². The Labute approximate surface area is 197 Å². The topological polar surface area (TPSA) is 85.4 Å². The van der Waals surface area contributed by atoms with Crippen LogP contribution in [0, 0.1) is 6.92 Å². The number of nitrogens with zero attached hydrogens (tertiary/aromatic N) is 4. The van der Waals surface area contributed by atoms with Crippen molar-refractivity contribution in [1.29, 1.82) is 0 Å². The molecule has 0 saturated carbocycles. The number of benzene rings is 2. The molecule has 2 aliphatic rings. The van der Waals surface area contributed by atoms with Crippen LogP contribution in [0.3, 0.4) is 0 Å². The van der Waals surface area contributed by atoms with E-state index in [2.05, 4.69) is 33.3 Å². The Hall–Kier alpha value is -3.65. The summed E-state index contributed by atoms with van der Waals surface area (Å²) in [6.45, 7) is 5.59. The maximum Gasteiger partial charge on any atom is 0.140 e. The average Bonchev–Trinajstić information content (AvgIpc) is 3.33. The van der Waals surface area contributed by atoms with Gasteiger partial charge in [0.05, 0.1) is 44.1 Å². The highest BCUT2D eigenvalue weighted by molar-refractivity contribution is 5.92. The van der Waals surface area contributed by atoms with E-state index in [1.807, 2.05) is 31.3 Å². The first-order chi connectivity index (χ1) is 16.7. The minimum absolute atomic E-state index is 0.0584. The number of fused-ring (bicyclic) bond motifs is 2. The highest BCUT2D eigenvalue weighted by Gasteiger charge is 2.27. The van der Waals surface area contributed by atoms with Gasteiger partial charge in [0, 0.05) is 30.2 Å². The van der Waals surface area contributed by atoms with E-state index in [9.17, 15) is 0 Å². The Morgan fingerprint density at radius 3 is 2.76 bits per heavy atom. The number of aromatic nitrogens is 4. The number of H-pyrrole nitrogens is 1. The molecule has 8 heteroatoms. The molecule has 2 aromatic heterocycles. The van der Waals surface area contributed by atoms with Crippen LogP contribution in [-0.4, -0.2) is 60.2 Å². The van der Waals surface area contributed by atoms with Crippen LogP contribution in [0.2, 0.25) is 0 Å². The normalized spacial score (nSPS) is 17.9. The summed E-state index contributed by atoms with van der Waals surface area (Å²) < 4.78 is 17.1. The van der Waals surface area contributed by atoms with Crippen molar-refractivity contribution in [3.8, 4) is 22.6 Å². The van der Waals surface area contributed by atoms with Gasteiger partial charge >= 0.3 is 0 Å². The molecule has 1 fully saturated rings. The fourth-order valence-corrected chi connectivity index (χ4v) is 4.81. The second kappa shape index (κ2) is 8.61. The van der Waals surface area contributed by atoms with Gasteiger partial charge in [0.25, 0.3) is 0 Å². The predicted molar refractivity (Wildman–Crippen MR) is 130 cm³/mol. The summed E-state index contributed by atoms with van der Waals surface area (Å²) in [6.07, 6.45) is 2.74. The fourth-order valence-electron chi connectivity index (χ4n) is 4.81. The van der Waals surface area contributed by atoms with Crippen molar-refractivity contribution in [1.82, 2.24) is 20.2 Å². The number of nitrogens with one attached hydrogen (secondary N) is 1. The zero-order valence-corrected chi connectivity index (χ0v) is 19.4. The molecule has 4 aromatic rings. The number of aromatic amines is 1. The van der Waals surface area contributed by atoms with E-state index in [-0.39, 0.29) is 5.92 Å². The smallest absolute Gasteiger partial charge is 0.140 e. The highest BCUT2D eigenvalue weighted by Crippen LogP contribution is 2.36. The molecule has 2 aromatic carbocycles. The summed E-state index contributed by atoms with van der Waals surface area (Å²) in [5.74, 6) is 3.57. The van der Waals surface area contributed by atoms with Gasteiger partial charge in [-0.2, -0.15) is 5.10 Å². The van der Waals surface area contributed by atoms with Crippen LogP contribution < -0.4 is 14.4 Å². The van der Waals surface area contributed by atoms with Crippen LogP contribution in [-0.2, 0) is 11.2 Å². The lowest BCUT2D eigenvalue weighted by Crippen LogP contribution is -2.37. The monoisotopic (exact) mass is 457 g/mol. The van der Waals surface area contributed by atoms with Gasteiger partial charge in [0.2, 0.25) is 0 Å². The number of hydrogen-bond donors (Lipinski definition) is 1. The standard InChI is InChI=1S/C26H27N5O3/c1-16-22(14-27-30-16)17-3-5-21-23(13-17)28-25(29-26(21)31-7-9-33-10-8-31)19-11-18-12-20(32-2)4-6-24(18)34-15-19/h3-6,12-14,19H,7-11,15H2,1-2H3,(H,27,30). The van der Waals surface area contributed by atoms with Crippen LogP contribution in [0.1, 0.15) is 23.0 Å². The highest BCUT2D eigenvalue weighted by atomic mass is 16.5. The third-order valence-corrected chi connectivity index (χ3v) is 6.69. The summed E-state index contributed by atoms with van der Waals surface area (Å²) in [7, 11) is 1.68. The zero-order chi connectivity index (χ0) is 23.1. The first-order valence-corrected chi connectivity index (χ1v) is 11.6. The molecule has 0 radical (unpaired) electrons. The number of aryl methyl sites for hydroxylation is 1. The lowest BCUT2D eigenvalue weighted by molar-refractivity contribution is 0.122. The summed E-state index contributed by atoms with van der Waals surface area (Å²) >= 11 is 0. The molecule has 34 heavy (non-hydrogen) atoms. The van der Waals surface area contributed by atoms with Gasteiger partial charge in [0.1, 0.15) is 23.1 Å². The van der Waals surface area contributed by atoms with E-state index < -0.39 is 0 Å². The average molecular weight is 458 g/mol. The molecule has 1 N–H and O–H groups in total. The van der Waals surface area contributed by atoms with Crippen molar-refractivity contribution < 1.29 is 14.2 Å². The predicted octanol–water partition coefficient (Wildman–Crippen LogP) is 3.89. The lowest BCUT2D eigenvalue weighted by Gasteiger charge is -2.30. The third kappa shape index (κ3) is 3.74. The van der Waals surface area contributed by atoms with E-state index in [4.69, 9.17) is 24.2 Å². The van der Waals surface area contributed by atoms with Crippen molar-refractivity contribution in [2.24, 2.45) is 0 Å². The Morgan fingerprint density at radius 1 is 1.09 bits per heavy atom. The third-order valence-electron chi connectivity index (χ3n) is 6.69. The molecule has 0 bridgehead atoms. The molecule has 4 heterocycles. The van der Waals surface area contributed by atoms with E-state index in [1.54, 1.807) is 7.11 Å². The lowest BCUT2D eigenvalue weighted by atomic mass is 9.95. The van der Waals surface area contributed by atoms with Crippen LogP contribution >= 0.6 is 0 Å². The van der Waals surface area contributed by atoms with Crippen molar-refractivity contribution in [3.05, 3.63) is 59.7 Å². The van der Waals surface area contributed by atoms with Crippen molar-refractivity contribution in [2.45, 2.75) is 19.3 Å². The van der Waals surface area contributed by atoms with E-state index in [1.165, 1.54) is 0 Å². The van der Waals surface area contributed by atoms with Gasteiger partial charge in [0.15, 0.2) is 0 Å². The minimum atomic E-state index is 0.0584. The summed E-state index contributed by atoms with van der Waals surface area (Å²) in [6, 6.07) is 12.3. The Bertz CT molecular complexity index is 1350. The van der Waals surface area contributed by atoms with Crippen LogP contribution in [0.4, 0.5) is 5.82 Å². The Morgan fingerprint density at radius 2 is 1.97 bits per heavy atom. The van der Waals surface area contributed by atoms with Crippen LogP contribution in [0.25, 0.3) is 22.0 Å². The quantitative estimate of drug-likeness (QED) is 0.498. The number of morpholine rings is 1. The number of rotatable bonds is 4. The molecule has 1 atom stereocenters. The summed E-state index contributed by atoms with van der Waals surface area (Å²) in [5.41, 5.74) is 5.19. The fraction of sp³-hybridized carbons (Fsp3) is 0.346. The van der Waals surface area contributed by atoms with Gasteiger partial charge in [-0.15, -0.1) is 0 Å². The first-order valence-electron chi connectivity index (χ1n) is 11.6. The first kappa shape index (κ1) is 20.9. The van der Waals surface area contributed by atoms with Crippen LogP contribution in [0.5, 0.6) is 11.5 Å². The maximum absolute atomic E-state index is 6.10. The SMILES string of the molecule is COc1ccc2c(c1)CC(c1nc(N3CCOCC3)c3ccc(-c4c[nH]nc4C)cc3n1)CO2. The molecule has 1 saturated heterocycles. The second-order valence-electron chi connectivity index (χ2n) is 8.81. The van der Waals surface area contributed by atoms with E-state index >= 15 is 0 Å². The van der Waals surface area contributed by atoms with E-state index in [0.717, 1.165) is 75.9 Å². The Kier molecular flexibility index (Phi) is 5.30. The van der Waals surface area contributed by atoms with Gasteiger partial charge < -0.3 is 19.1 Å². The van der Waals surface area contributed by atoms with E-state index in [0.29, 0.717) is 19.8 Å². The molecule has 174 valence electrons. The second-order valence-corrected chi connectivity index (χ2v) is 8.81. The van der Waals surface area contributed by atoms with Gasteiger partial charge in [-0.3, -0.25) is 5.10 Å².